The van der Waals surface area contributed by atoms with Gasteiger partial charge in [-0.05, 0) is 106 Å². The topological polar surface area (TPSA) is 571 Å². The third-order valence-corrected chi connectivity index (χ3v) is 26.8. The molecule has 0 amide bonds. The molecule has 5 aliphatic carbocycles. The quantitative estimate of drug-likeness (QED) is 0.0365. The van der Waals surface area contributed by atoms with E-state index in [1.54, 1.807) is 6.92 Å². The highest BCUT2D eigenvalue weighted by Crippen LogP contribution is 2.76. The number of fused-ring (bicyclic) bond motifs is 7. The average Bonchev–Trinajstić information content (AvgIpc) is 0.668. The number of hydrogen-bond acceptors (Lipinski definition) is 36. The van der Waals surface area contributed by atoms with E-state index < -0.39 is 299 Å². The fraction of sp³-hybridized carbons (Fsp3) is 0.957. The Morgan fingerprint density at radius 1 is 0.434 bits per heavy atom. The van der Waals surface area contributed by atoms with Gasteiger partial charge in [-0.1, -0.05) is 53.2 Å². The summed E-state index contributed by atoms with van der Waals surface area (Å²) in [6.45, 7) is 12.8. The second kappa shape index (κ2) is 31.2. The number of hydrogen-bond donors (Lipinski definition) is 21. The van der Waals surface area contributed by atoms with Gasteiger partial charge >= 0.3 is 5.97 Å². The van der Waals surface area contributed by atoms with Crippen LogP contribution >= 0.6 is 0 Å². The second-order valence-electron chi connectivity index (χ2n) is 33.9. The first kappa shape index (κ1) is 83.3. The molecule has 7 aliphatic heterocycles. The molecule has 0 bridgehead atoms. The summed E-state index contributed by atoms with van der Waals surface area (Å²) in [7, 11) is 0. The molecule has 36 heteroatoms. The molecular weight excluding hydrogens is 1420 g/mol. The van der Waals surface area contributed by atoms with Gasteiger partial charge < -0.3 is 174 Å². The summed E-state index contributed by atoms with van der Waals surface area (Å²) in [5, 5.41) is 235. The molecule has 7 saturated heterocycles. The summed E-state index contributed by atoms with van der Waals surface area (Å²) >= 11 is 0. The molecule has 44 atom stereocenters. The van der Waals surface area contributed by atoms with Crippen LogP contribution in [0.15, 0.2) is 11.6 Å². The number of carbonyl (C=O) groups excluding carboxylic acids is 1. The smallest absolute Gasteiger partial charge is 0.315 e. The number of esters is 1. The molecule has 12 rings (SSSR count). The van der Waals surface area contributed by atoms with E-state index in [2.05, 4.69) is 33.8 Å². The molecule has 0 radical (unpaired) electrons. The number of aliphatic hydroxyl groups is 21. The number of rotatable bonds is 17. The van der Waals surface area contributed by atoms with Crippen molar-refractivity contribution in [1.82, 2.24) is 0 Å². The van der Waals surface area contributed by atoms with Gasteiger partial charge in [0.15, 0.2) is 43.8 Å². The monoisotopic (exact) mass is 1530 g/mol. The Morgan fingerprint density at radius 3 is 1.52 bits per heavy atom. The van der Waals surface area contributed by atoms with Gasteiger partial charge in [0.1, 0.15) is 134 Å². The molecule has 36 nitrogen and oxygen atoms in total. The van der Waals surface area contributed by atoms with Crippen molar-refractivity contribution in [2.75, 3.05) is 33.0 Å². The lowest BCUT2D eigenvalue weighted by Gasteiger charge is -2.72. The van der Waals surface area contributed by atoms with Crippen LogP contribution in [0.4, 0.5) is 0 Å². The number of carbonyl (C=O) groups is 1. The summed E-state index contributed by atoms with van der Waals surface area (Å²) in [4.78, 5) is 15.8. The Labute approximate surface area is 612 Å². The summed E-state index contributed by atoms with van der Waals surface area (Å²) in [6.07, 6.45) is -56.5. The zero-order valence-corrected chi connectivity index (χ0v) is 60.8. The van der Waals surface area contributed by atoms with Crippen LogP contribution < -0.4 is 0 Å². The van der Waals surface area contributed by atoms with Crippen LogP contribution in [-0.4, -0.2) is 367 Å². The highest BCUT2D eigenvalue weighted by atomic mass is 16.8. The van der Waals surface area contributed by atoms with Crippen LogP contribution in [0.2, 0.25) is 0 Å². The van der Waals surface area contributed by atoms with Crippen molar-refractivity contribution in [3.05, 3.63) is 11.6 Å². The maximum absolute atomic E-state index is 15.8. The summed E-state index contributed by atoms with van der Waals surface area (Å²) < 4.78 is 84.2. The minimum absolute atomic E-state index is 0.0189. The van der Waals surface area contributed by atoms with Gasteiger partial charge in [-0.2, -0.15) is 0 Å². The van der Waals surface area contributed by atoms with E-state index in [0.29, 0.717) is 32.1 Å². The van der Waals surface area contributed by atoms with Crippen molar-refractivity contribution < 1.29 is 178 Å². The predicted octanol–water partition coefficient (Wildman–Crippen LogP) is -7.29. The van der Waals surface area contributed by atoms with Gasteiger partial charge in [0.2, 0.25) is 6.29 Å². The van der Waals surface area contributed by atoms with Crippen molar-refractivity contribution in [2.24, 2.45) is 50.2 Å². The van der Waals surface area contributed by atoms with Crippen LogP contribution in [0, 0.1) is 50.2 Å². The van der Waals surface area contributed by atoms with Crippen LogP contribution in [0.5, 0.6) is 0 Å². The molecular formula is C70H114O36. The molecule has 0 aromatic heterocycles. The van der Waals surface area contributed by atoms with Crippen LogP contribution in [0.25, 0.3) is 0 Å². The average molecular weight is 1530 g/mol. The molecule has 0 aromatic carbocycles. The zero-order chi connectivity index (χ0) is 77.5. The Balaban J connectivity index is 0.781. The van der Waals surface area contributed by atoms with Gasteiger partial charge in [0, 0.05) is 11.3 Å². The molecule has 0 aromatic rings. The van der Waals surface area contributed by atoms with E-state index in [0.717, 1.165) is 5.57 Å². The van der Waals surface area contributed by atoms with E-state index in [-0.39, 0.29) is 30.6 Å². The fourth-order valence-corrected chi connectivity index (χ4v) is 20.6. The second-order valence-corrected chi connectivity index (χ2v) is 33.9. The van der Waals surface area contributed by atoms with Gasteiger partial charge in [0.05, 0.1) is 75.1 Å². The molecule has 106 heavy (non-hydrogen) atoms. The SMILES string of the molecule is C[C@@H]1O[C@@H](O[C@@H]2[C@@H](O)[C@H](O[C@@H]3[C@@H](O[C@@H]4O[C@@H](C)[C@H](O)[C@@H](O)[C@H]4O)[C@@H](O)[C@H](O[C@H]4[C@H](OC(=O)[C@]56CCC(C)(C)C[C@H]5C5=CC[C@@H]7[C@@]8(C)C[C@H](O)[C@H](O[C@@H]9O[C@H](CO)[C@@H](O)[C@H](O[C@@H]%10O[C@H](CO)[C@@H](O)[C@H](O)[C@H]%10O)[C@H]9O)[C@@](C)(CO)[C@@H]8[C@H](O)C[C@@]7(C)[C@]5(C)CC6)OC[C@H](O)[C@@H]4O)O[C@H]3C)OC[C@H]2O)[C@H](O)[C@H](O)[C@H]1O. The van der Waals surface area contributed by atoms with Crippen LogP contribution in [0.3, 0.4) is 0 Å². The molecule has 12 aliphatic rings. The highest BCUT2D eigenvalue weighted by Gasteiger charge is 2.74. The molecule has 0 unspecified atom stereocenters. The van der Waals surface area contributed by atoms with E-state index in [1.807, 2.05) is 6.92 Å². The lowest BCUT2D eigenvalue weighted by Crippen LogP contribution is -2.72. The van der Waals surface area contributed by atoms with Gasteiger partial charge in [0.25, 0.3) is 0 Å². The van der Waals surface area contributed by atoms with Crippen molar-refractivity contribution in [1.29, 1.82) is 0 Å². The van der Waals surface area contributed by atoms with Gasteiger partial charge in [-0.3, -0.25) is 4.79 Å². The summed E-state index contributed by atoms with van der Waals surface area (Å²) in [6, 6.07) is 0. The Kier molecular flexibility index (Phi) is 24.5. The standard InChI is InChI=1S/C70H114O36/c1-24-36(78)41(83)44(86)58(95-24)101-51-32(77)22-93-57(47(51)89)100-50-26(3)97-61(49(91)53(50)103-59-45(87)42(84)37(79)25(2)96-59)104-54-38(80)31(76)21-94-63(54)106-64(92)70-14-12-65(4,5)16-28(70)27-10-11-35-66(6)17-30(75)56(67(7,23-73)55(66)29(74)18-69(35,9)68(27,8)13-15-70)105-62-48(90)52(40(82)34(20-72)99-62)102-60-46(88)43(85)39(81)33(19-71)98-60/h10,24-26,28-63,71-91H,11-23H2,1-9H3/t24-,25-,26-,28-,29+,30-,31-,32+,33+,34+,35+,36-,37-,38-,39+,40+,41+,42+,43-,44+,45+,46+,47+,48+,49+,50-,51-,52-,53-,54+,55+,56-,57-,58-,59-,60-,61-,62-,63-,66+,67-,68+,69+,70-/m0/s1. The minimum Gasteiger partial charge on any atom is -0.432 e. The van der Waals surface area contributed by atoms with Crippen LogP contribution in [0.1, 0.15) is 114 Å². The third kappa shape index (κ3) is 14.2. The normalized spacial score (nSPS) is 56.2. The predicted molar refractivity (Wildman–Crippen MR) is 349 cm³/mol. The largest absolute Gasteiger partial charge is 0.432 e. The van der Waals surface area contributed by atoms with Crippen molar-refractivity contribution in [3.8, 4) is 0 Å². The fourth-order valence-electron chi connectivity index (χ4n) is 20.6. The molecule has 7 heterocycles. The Morgan fingerprint density at radius 2 is 0.915 bits per heavy atom. The van der Waals surface area contributed by atoms with Gasteiger partial charge in [-0.15, -0.1) is 0 Å². The van der Waals surface area contributed by atoms with Crippen LogP contribution in [-0.2, 0) is 71.1 Å². The maximum Gasteiger partial charge on any atom is 0.315 e. The number of aliphatic hydroxyl groups excluding tert-OH is 21. The summed E-state index contributed by atoms with van der Waals surface area (Å²) in [5.74, 6) is -2.37. The Hall–Kier alpha value is -2.15. The van der Waals surface area contributed by atoms with E-state index in [1.165, 1.54) is 20.8 Å². The minimum atomic E-state index is -2.10. The lowest BCUT2D eigenvalue weighted by molar-refractivity contribution is -0.395. The molecule has 4 saturated carbocycles. The molecule has 11 fully saturated rings. The zero-order valence-electron chi connectivity index (χ0n) is 60.8. The van der Waals surface area contributed by atoms with E-state index in [9.17, 15) is 107 Å². The van der Waals surface area contributed by atoms with E-state index in [4.69, 9.17) is 66.3 Å². The Bertz CT molecular complexity index is 3030. The van der Waals surface area contributed by atoms with Gasteiger partial charge in [-0.25, -0.2) is 0 Å². The first-order chi connectivity index (χ1) is 49.7. The van der Waals surface area contributed by atoms with E-state index >= 15 is 4.79 Å². The van der Waals surface area contributed by atoms with Crippen molar-refractivity contribution >= 4 is 5.97 Å². The van der Waals surface area contributed by atoms with Crippen molar-refractivity contribution in [3.63, 3.8) is 0 Å². The highest BCUT2D eigenvalue weighted by molar-refractivity contribution is 5.79. The number of allylic oxidation sites excluding steroid dienone is 2. The maximum atomic E-state index is 15.8. The molecule has 21 N–H and O–H groups in total. The first-order valence-electron chi connectivity index (χ1n) is 37.1. The third-order valence-electron chi connectivity index (χ3n) is 26.8. The summed E-state index contributed by atoms with van der Waals surface area (Å²) in [5.41, 5.74) is -4.69. The van der Waals surface area contributed by atoms with Crippen molar-refractivity contribution in [2.45, 2.75) is 335 Å². The number of ether oxygens (including phenoxy) is 14. The first-order valence-corrected chi connectivity index (χ1v) is 37.1. The molecule has 610 valence electrons. The molecule has 0 spiro atoms. The lowest BCUT2D eigenvalue weighted by atomic mass is 9.33.